The van der Waals surface area contributed by atoms with Crippen LogP contribution >= 0.6 is 0 Å². The van der Waals surface area contributed by atoms with E-state index in [2.05, 4.69) is 11.4 Å². The zero-order valence-electron chi connectivity index (χ0n) is 18.1. The Morgan fingerprint density at radius 1 is 1.10 bits per heavy atom. The van der Waals surface area contributed by atoms with Gasteiger partial charge in [-0.2, -0.15) is 0 Å². The Kier molecular flexibility index (Phi) is 5.50. The molecule has 1 heterocycles. The molecule has 1 unspecified atom stereocenters. The topological polar surface area (TPSA) is 49.4 Å². The molecule has 4 rings (SSSR count). The van der Waals surface area contributed by atoms with Crippen molar-refractivity contribution in [2.24, 2.45) is 0 Å². The Balaban J connectivity index is 1.77. The molecule has 4 heteroatoms. The standard InChI is InChI=1S/C26H30N2O2/c1-18-13-14-23(19(2)15-18)28-24(29)17-26(28,25(30)27-22-11-7-8-12-22)20(3)16-21-9-5-4-6-10-21/h4-6,9-10,13-16,22H,7-8,11-12,17H2,1-3H3,(H,27,30). The Bertz CT molecular complexity index is 989. The second-order valence-electron chi connectivity index (χ2n) is 8.75. The number of anilines is 1. The van der Waals surface area contributed by atoms with Gasteiger partial charge in [-0.15, -0.1) is 0 Å². The number of amides is 2. The molecule has 1 atom stereocenters. The summed E-state index contributed by atoms with van der Waals surface area (Å²) in [6, 6.07) is 16.2. The number of hydrogen-bond donors (Lipinski definition) is 1. The molecule has 2 aromatic rings. The van der Waals surface area contributed by atoms with Gasteiger partial charge in [-0.3, -0.25) is 14.5 Å². The summed E-state index contributed by atoms with van der Waals surface area (Å²) in [5.41, 5.74) is 3.91. The third-order valence-corrected chi connectivity index (χ3v) is 6.53. The summed E-state index contributed by atoms with van der Waals surface area (Å²) in [6.45, 7) is 6.02. The van der Waals surface area contributed by atoms with Crippen LogP contribution in [0, 0.1) is 13.8 Å². The first-order valence-electron chi connectivity index (χ1n) is 10.9. The molecule has 0 bridgehead atoms. The van der Waals surface area contributed by atoms with Gasteiger partial charge in [-0.25, -0.2) is 0 Å². The van der Waals surface area contributed by atoms with Crippen molar-refractivity contribution < 1.29 is 9.59 Å². The van der Waals surface area contributed by atoms with Crippen LogP contribution in [-0.4, -0.2) is 23.4 Å². The third kappa shape index (κ3) is 3.55. The molecule has 2 fully saturated rings. The minimum absolute atomic E-state index is 0.00987. The largest absolute Gasteiger partial charge is 0.351 e. The highest BCUT2D eigenvalue weighted by Gasteiger charge is 2.58. The summed E-state index contributed by atoms with van der Waals surface area (Å²) < 4.78 is 0. The van der Waals surface area contributed by atoms with Gasteiger partial charge in [-0.1, -0.05) is 66.9 Å². The van der Waals surface area contributed by atoms with Crippen molar-refractivity contribution in [3.05, 3.63) is 70.8 Å². The summed E-state index contributed by atoms with van der Waals surface area (Å²) in [5.74, 6) is -0.0667. The van der Waals surface area contributed by atoms with Crippen molar-refractivity contribution in [3.63, 3.8) is 0 Å². The van der Waals surface area contributed by atoms with E-state index in [0.29, 0.717) is 0 Å². The molecule has 0 spiro atoms. The van der Waals surface area contributed by atoms with Crippen molar-refractivity contribution >= 4 is 23.6 Å². The molecule has 2 amide bonds. The number of benzene rings is 2. The lowest BCUT2D eigenvalue weighted by Crippen LogP contribution is -2.72. The van der Waals surface area contributed by atoms with Crippen molar-refractivity contribution in [3.8, 4) is 0 Å². The van der Waals surface area contributed by atoms with Gasteiger partial charge < -0.3 is 5.32 Å². The zero-order valence-corrected chi connectivity index (χ0v) is 18.1. The molecular formula is C26H30N2O2. The third-order valence-electron chi connectivity index (χ3n) is 6.53. The molecule has 156 valence electrons. The van der Waals surface area contributed by atoms with Crippen molar-refractivity contribution in [1.29, 1.82) is 0 Å². The fraction of sp³-hybridized carbons (Fsp3) is 0.385. The van der Waals surface area contributed by atoms with E-state index in [1.165, 1.54) is 0 Å². The molecule has 1 saturated carbocycles. The van der Waals surface area contributed by atoms with Crippen molar-refractivity contribution in [2.45, 2.75) is 64.5 Å². The van der Waals surface area contributed by atoms with Crippen molar-refractivity contribution in [2.75, 3.05) is 4.90 Å². The molecule has 2 aliphatic rings. The van der Waals surface area contributed by atoms with Gasteiger partial charge in [0.05, 0.1) is 6.42 Å². The second kappa shape index (κ2) is 8.10. The molecule has 1 saturated heterocycles. The van der Waals surface area contributed by atoms with Crippen LogP contribution in [0.15, 0.2) is 54.1 Å². The summed E-state index contributed by atoms with van der Waals surface area (Å²) >= 11 is 0. The summed E-state index contributed by atoms with van der Waals surface area (Å²) in [7, 11) is 0. The SMILES string of the molecule is CC(=Cc1ccccc1)C1(C(=O)NC2CCCC2)CC(=O)N1c1ccc(C)cc1C. The van der Waals surface area contributed by atoms with E-state index in [-0.39, 0.29) is 24.3 Å². The minimum Gasteiger partial charge on any atom is -0.351 e. The Hall–Kier alpha value is -2.88. The van der Waals surface area contributed by atoms with E-state index in [1.54, 1.807) is 4.90 Å². The van der Waals surface area contributed by atoms with Crippen molar-refractivity contribution in [1.82, 2.24) is 5.32 Å². The molecule has 1 N–H and O–H groups in total. The van der Waals surface area contributed by atoms with Crippen LogP contribution in [-0.2, 0) is 9.59 Å². The lowest BCUT2D eigenvalue weighted by molar-refractivity contribution is -0.138. The summed E-state index contributed by atoms with van der Waals surface area (Å²) in [4.78, 5) is 28.3. The maximum Gasteiger partial charge on any atom is 0.251 e. The highest BCUT2D eigenvalue weighted by Crippen LogP contribution is 2.44. The first-order valence-corrected chi connectivity index (χ1v) is 10.9. The number of carbonyl (C=O) groups excluding carboxylic acids is 2. The maximum atomic E-state index is 13.7. The molecular weight excluding hydrogens is 372 g/mol. The molecule has 1 aliphatic carbocycles. The zero-order chi connectivity index (χ0) is 21.3. The van der Waals surface area contributed by atoms with Gasteiger partial charge in [-0.05, 0) is 56.4 Å². The lowest BCUT2D eigenvalue weighted by atomic mass is 9.75. The molecule has 0 aromatic heterocycles. The van der Waals surface area contributed by atoms with E-state index in [9.17, 15) is 9.59 Å². The first kappa shape index (κ1) is 20.4. The van der Waals surface area contributed by atoms with Gasteiger partial charge in [0.2, 0.25) is 5.91 Å². The van der Waals surface area contributed by atoms with Crippen LogP contribution in [0.4, 0.5) is 5.69 Å². The van der Waals surface area contributed by atoms with Crippen LogP contribution in [0.1, 0.15) is 55.7 Å². The fourth-order valence-corrected chi connectivity index (χ4v) is 4.87. The highest BCUT2D eigenvalue weighted by molar-refractivity contribution is 6.16. The van der Waals surface area contributed by atoms with Crippen LogP contribution in [0.5, 0.6) is 0 Å². The van der Waals surface area contributed by atoms with Gasteiger partial charge in [0.15, 0.2) is 5.54 Å². The number of β-lactam (4-membered cyclic amide) rings is 1. The molecule has 1 aliphatic heterocycles. The van der Waals surface area contributed by atoms with Crippen LogP contribution in [0.25, 0.3) is 6.08 Å². The Morgan fingerprint density at radius 3 is 2.43 bits per heavy atom. The monoisotopic (exact) mass is 402 g/mol. The van der Waals surface area contributed by atoms with E-state index in [0.717, 1.165) is 53.6 Å². The molecule has 4 nitrogen and oxygen atoms in total. The maximum absolute atomic E-state index is 13.7. The molecule has 0 radical (unpaired) electrons. The number of nitrogens with one attached hydrogen (secondary N) is 1. The van der Waals surface area contributed by atoms with Gasteiger partial charge >= 0.3 is 0 Å². The average molecular weight is 403 g/mol. The number of hydrogen-bond acceptors (Lipinski definition) is 2. The van der Waals surface area contributed by atoms with Gasteiger partial charge in [0.25, 0.3) is 5.91 Å². The fourth-order valence-electron chi connectivity index (χ4n) is 4.87. The van der Waals surface area contributed by atoms with Gasteiger partial charge in [0.1, 0.15) is 0 Å². The van der Waals surface area contributed by atoms with E-state index < -0.39 is 5.54 Å². The molecule has 2 aromatic carbocycles. The van der Waals surface area contributed by atoms with Crippen LogP contribution in [0.3, 0.4) is 0 Å². The molecule has 30 heavy (non-hydrogen) atoms. The number of rotatable bonds is 5. The Labute approximate surface area is 179 Å². The van der Waals surface area contributed by atoms with Crippen LogP contribution in [0.2, 0.25) is 0 Å². The predicted molar refractivity (Wildman–Crippen MR) is 121 cm³/mol. The van der Waals surface area contributed by atoms with E-state index in [4.69, 9.17) is 0 Å². The highest BCUT2D eigenvalue weighted by atomic mass is 16.2. The summed E-state index contributed by atoms with van der Waals surface area (Å²) in [5, 5.41) is 3.27. The van der Waals surface area contributed by atoms with E-state index >= 15 is 0 Å². The number of nitrogens with zero attached hydrogens (tertiary/aromatic N) is 1. The normalized spacial score (nSPS) is 22.2. The minimum atomic E-state index is -0.977. The average Bonchev–Trinajstić information content (AvgIpc) is 3.21. The number of carbonyl (C=O) groups is 2. The first-order chi connectivity index (χ1) is 14.4. The predicted octanol–water partition coefficient (Wildman–Crippen LogP) is 4.94. The van der Waals surface area contributed by atoms with Crippen LogP contribution < -0.4 is 10.2 Å². The van der Waals surface area contributed by atoms with E-state index in [1.807, 2.05) is 69.3 Å². The summed E-state index contributed by atoms with van der Waals surface area (Å²) in [6.07, 6.45) is 6.57. The Morgan fingerprint density at radius 2 is 1.80 bits per heavy atom. The lowest BCUT2D eigenvalue weighted by Gasteiger charge is -2.52. The second-order valence-corrected chi connectivity index (χ2v) is 8.75. The smallest absolute Gasteiger partial charge is 0.251 e. The quantitative estimate of drug-likeness (QED) is 0.720. The number of aryl methyl sites for hydroxylation is 2. The van der Waals surface area contributed by atoms with Gasteiger partial charge in [0, 0.05) is 11.7 Å².